The first-order chi connectivity index (χ1) is 10.7. The van der Waals surface area contributed by atoms with Gasteiger partial charge < -0.3 is 0 Å². The fourth-order valence-corrected chi connectivity index (χ4v) is 4.24. The van der Waals surface area contributed by atoms with Crippen molar-refractivity contribution >= 4 is 32.3 Å². The zero-order valence-electron chi connectivity index (χ0n) is 11.1. The lowest BCUT2D eigenvalue weighted by atomic mass is 10.2. The van der Waals surface area contributed by atoms with Crippen LogP contribution >= 0.6 is 22.7 Å². The maximum Gasteiger partial charge on any atom is 0.155 e. The average molecular weight is 330 g/mol. The second-order valence-corrected chi connectivity index (χ2v) is 6.56. The fourth-order valence-electron chi connectivity index (χ4n) is 2.14. The van der Waals surface area contributed by atoms with Crippen LogP contribution < -0.4 is 0 Å². The van der Waals surface area contributed by atoms with Gasteiger partial charge in [-0.25, -0.2) is 18.7 Å². The van der Waals surface area contributed by atoms with Crippen molar-refractivity contribution in [3.63, 3.8) is 0 Å². The Hall–Kier alpha value is -2.18. The van der Waals surface area contributed by atoms with Crippen molar-refractivity contribution in [2.24, 2.45) is 0 Å². The molecule has 0 saturated heterocycles. The van der Waals surface area contributed by atoms with Gasteiger partial charge in [-0.1, -0.05) is 46.9 Å². The van der Waals surface area contributed by atoms with Crippen LogP contribution in [-0.4, -0.2) is 9.97 Å². The van der Waals surface area contributed by atoms with Crippen LogP contribution in [0, 0.1) is 11.6 Å². The molecule has 0 bridgehead atoms. The Labute approximate surface area is 132 Å². The van der Waals surface area contributed by atoms with Crippen molar-refractivity contribution in [2.75, 3.05) is 0 Å². The van der Waals surface area contributed by atoms with Crippen molar-refractivity contribution in [1.29, 1.82) is 0 Å². The highest BCUT2D eigenvalue weighted by molar-refractivity contribution is 7.29. The van der Waals surface area contributed by atoms with Gasteiger partial charge >= 0.3 is 0 Å². The molecule has 6 heteroatoms. The lowest BCUT2D eigenvalue weighted by Crippen LogP contribution is -1.82. The summed E-state index contributed by atoms with van der Waals surface area (Å²) in [5.74, 6) is -0.614. The van der Waals surface area contributed by atoms with E-state index in [1.54, 1.807) is 36.4 Å². The molecule has 0 spiro atoms. The number of rotatable bonds is 2. The van der Waals surface area contributed by atoms with Gasteiger partial charge in [-0.15, -0.1) is 0 Å². The summed E-state index contributed by atoms with van der Waals surface area (Å²) < 4.78 is 27.6. The number of benzene rings is 2. The van der Waals surface area contributed by atoms with E-state index in [1.165, 1.54) is 34.8 Å². The first-order valence-corrected chi connectivity index (χ1v) is 8.13. The minimum Gasteiger partial charge on any atom is -0.223 e. The van der Waals surface area contributed by atoms with Crippen molar-refractivity contribution in [2.45, 2.75) is 0 Å². The van der Waals surface area contributed by atoms with Crippen molar-refractivity contribution in [1.82, 2.24) is 9.97 Å². The van der Waals surface area contributed by atoms with E-state index in [-0.39, 0.29) is 11.6 Å². The summed E-state index contributed by atoms with van der Waals surface area (Å²) in [7, 11) is 0. The Balaban J connectivity index is 1.81. The quantitative estimate of drug-likeness (QED) is 0.494. The van der Waals surface area contributed by atoms with Gasteiger partial charge in [0.1, 0.15) is 21.6 Å². The summed E-state index contributed by atoms with van der Waals surface area (Å²) in [6.45, 7) is 0. The normalized spacial score (nSPS) is 11.2. The van der Waals surface area contributed by atoms with E-state index >= 15 is 0 Å². The molecule has 2 nitrogen and oxygen atoms in total. The molecule has 0 unspecified atom stereocenters. The summed E-state index contributed by atoms with van der Waals surface area (Å²) in [6.07, 6.45) is 0. The van der Waals surface area contributed by atoms with Gasteiger partial charge in [-0.3, -0.25) is 0 Å². The zero-order chi connectivity index (χ0) is 15.1. The second-order valence-electron chi connectivity index (χ2n) is 4.61. The number of halogens is 2. The molecule has 0 amide bonds. The van der Waals surface area contributed by atoms with Gasteiger partial charge in [0.05, 0.1) is 0 Å². The van der Waals surface area contributed by atoms with Crippen LogP contribution in [0.4, 0.5) is 8.78 Å². The van der Waals surface area contributed by atoms with Gasteiger partial charge in [-0.05, 0) is 24.3 Å². The molecule has 0 atom stereocenters. The molecule has 0 fully saturated rings. The Kier molecular flexibility index (Phi) is 3.20. The molecule has 0 N–H and O–H groups in total. The smallest absolute Gasteiger partial charge is 0.155 e. The topological polar surface area (TPSA) is 25.8 Å². The van der Waals surface area contributed by atoms with Gasteiger partial charge in [-0.2, -0.15) is 0 Å². The summed E-state index contributed by atoms with van der Waals surface area (Å²) in [4.78, 5) is 10.3. The molecule has 2 aromatic heterocycles. The fraction of sp³-hybridized carbons (Fsp3) is 0. The number of aromatic nitrogens is 2. The molecule has 108 valence electrons. The predicted octanol–water partition coefficient (Wildman–Crippen LogP) is 5.37. The molecule has 22 heavy (non-hydrogen) atoms. The van der Waals surface area contributed by atoms with E-state index < -0.39 is 0 Å². The van der Waals surface area contributed by atoms with E-state index in [9.17, 15) is 8.78 Å². The van der Waals surface area contributed by atoms with Crippen LogP contribution in [0.2, 0.25) is 0 Å². The number of hydrogen-bond donors (Lipinski definition) is 0. The van der Waals surface area contributed by atoms with Crippen LogP contribution in [0.25, 0.3) is 30.8 Å². The van der Waals surface area contributed by atoms with Gasteiger partial charge in [0.15, 0.2) is 9.66 Å². The second kappa shape index (κ2) is 5.23. The highest BCUT2D eigenvalue weighted by Gasteiger charge is 2.16. The van der Waals surface area contributed by atoms with E-state index in [1.807, 2.05) is 0 Å². The highest BCUT2D eigenvalue weighted by atomic mass is 32.1. The maximum atomic E-state index is 13.8. The Morgan fingerprint density at radius 1 is 0.636 bits per heavy atom. The summed E-state index contributed by atoms with van der Waals surface area (Å²) in [6, 6.07) is 13.0. The molecule has 0 aliphatic carbocycles. The highest BCUT2D eigenvalue weighted by Crippen LogP contribution is 2.37. The third-order valence-electron chi connectivity index (χ3n) is 3.18. The number of hydrogen-bond acceptors (Lipinski definition) is 4. The monoisotopic (exact) mass is 330 g/mol. The van der Waals surface area contributed by atoms with Crippen LogP contribution in [-0.2, 0) is 0 Å². The molecular formula is C16H8F2N2S2. The lowest BCUT2D eigenvalue weighted by Gasteiger charge is -1.98. The van der Waals surface area contributed by atoms with Gasteiger partial charge in [0.2, 0.25) is 0 Å². The molecular weight excluding hydrogens is 322 g/mol. The average Bonchev–Trinajstić information content (AvgIpc) is 3.06. The standard InChI is InChI=1S/C16H8F2N2S2/c17-11-7-3-1-5-9(11)13-19-15-16(21-13)20-14(22-15)10-6-2-4-8-12(10)18/h1-8H. The molecule has 4 rings (SSSR count). The molecule has 4 aromatic rings. The molecule has 0 aliphatic heterocycles. The summed E-state index contributed by atoms with van der Waals surface area (Å²) >= 11 is 2.62. The third kappa shape index (κ3) is 2.20. The lowest BCUT2D eigenvalue weighted by molar-refractivity contribution is 0.631. The molecule has 0 aliphatic rings. The van der Waals surface area contributed by atoms with Crippen LogP contribution in [0.15, 0.2) is 48.5 Å². The first-order valence-electron chi connectivity index (χ1n) is 6.49. The molecule has 0 radical (unpaired) electrons. The maximum absolute atomic E-state index is 13.8. The number of thiazole rings is 2. The zero-order valence-corrected chi connectivity index (χ0v) is 12.7. The van der Waals surface area contributed by atoms with Crippen molar-refractivity contribution < 1.29 is 8.78 Å². The Bertz CT molecular complexity index is 869. The van der Waals surface area contributed by atoms with E-state index in [4.69, 9.17) is 0 Å². The van der Waals surface area contributed by atoms with Crippen LogP contribution in [0.5, 0.6) is 0 Å². The Morgan fingerprint density at radius 3 is 1.45 bits per heavy atom. The number of nitrogens with zero attached hydrogens (tertiary/aromatic N) is 2. The molecule has 0 saturated carbocycles. The van der Waals surface area contributed by atoms with E-state index in [0.29, 0.717) is 30.8 Å². The largest absolute Gasteiger partial charge is 0.223 e. The Morgan fingerprint density at radius 2 is 1.05 bits per heavy atom. The van der Waals surface area contributed by atoms with Crippen LogP contribution in [0.1, 0.15) is 0 Å². The summed E-state index contributed by atoms with van der Waals surface area (Å²) in [5, 5.41) is 1.18. The minimum atomic E-state index is -0.307. The van der Waals surface area contributed by atoms with Crippen LogP contribution in [0.3, 0.4) is 0 Å². The minimum absolute atomic E-state index is 0.307. The first kappa shape index (κ1) is 13.5. The van der Waals surface area contributed by atoms with Gasteiger partial charge in [0, 0.05) is 11.1 Å². The predicted molar refractivity (Wildman–Crippen MR) is 86.1 cm³/mol. The van der Waals surface area contributed by atoms with E-state index in [2.05, 4.69) is 9.97 Å². The van der Waals surface area contributed by atoms with Crippen molar-refractivity contribution in [3.05, 3.63) is 60.2 Å². The van der Waals surface area contributed by atoms with Gasteiger partial charge in [0.25, 0.3) is 0 Å². The number of fused-ring (bicyclic) bond motifs is 1. The summed E-state index contributed by atoms with van der Waals surface area (Å²) in [5.41, 5.74) is 0.926. The molecule has 2 heterocycles. The third-order valence-corrected chi connectivity index (χ3v) is 5.28. The van der Waals surface area contributed by atoms with E-state index in [0.717, 1.165) is 0 Å². The SMILES string of the molecule is Fc1ccccc1-c1nc2sc(-c3ccccc3F)nc2s1. The van der Waals surface area contributed by atoms with Crippen molar-refractivity contribution in [3.8, 4) is 21.1 Å². The molecule has 2 aromatic carbocycles.